The summed E-state index contributed by atoms with van der Waals surface area (Å²) in [7, 11) is 1.70. The Labute approximate surface area is 180 Å². The van der Waals surface area contributed by atoms with Crippen LogP contribution in [-0.2, 0) is 11.3 Å². The number of rotatable bonds is 7. The topological polar surface area (TPSA) is 85.4 Å². The summed E-state index contributed by atoms with van der Waals surface area (Å²) in [5.74, 6) is 0.0122. The predicted molar refractivity (Wildman–Crippen MR) is 112 cm³/mol. The number of likely N-dealkylation sites (tertiary alicyclic amines) is 1. The molecule has 1 aromatic carbocycles. The molecular formula is C22H26FN5O3. The van der Waals surface area contributed by atoms with E-state index in [2.05, 4.69) is 20.5 Å². The van der Waals surface area contributed by atoms with Crippen molar-refractivity contribution in [1.29, 1.82) is 0 Å². The van der Waals surface area contributed by atoms with Gasteiger partial charge in [-0.25, -0.2) is 4.39 Å². The standard InChI is InChI=1S/C22H26FN5O3/c1-14-21(15(2)31-26-14)12-27-11-19(8-20(27)13-30-3)28-10-18(9-24-28)25-22(29)16-5-4-6-17(23)7-16/h4-7,9-10,19-20H,8,11-13H2,1-3H3,(H,25,29)/t19-,20-/m0/s1. The fourth-order valence-corrected chi connectivity index (χ4v) is 4.07. The average molecular weight is 427 g/mol. The molecule has 0 aliphatic carbocycles. The van der Waals surface area contributed by atoms with Crippen molar-refractivity contribution < 1.29 is 18.4 Å². The zero-order valence-electron chi connectivity index (χ0n) is 17.8. The lowest BCUT2D eigenvalue weighted by Crippen LogP contribution is -2.32. The summed E-state index contributed by atoms with van der Waals surface area (Å²) < 4.78 is 26.0. The van der Waals surface area contributed by atoms with Crippen LogP contribution < -0.4 is 5.32 Å². The molecule has 8 nitrogen and oxygen atoms in total. The van der Waals surface area contributed by atoms with Crippen molar-refractivity contribution in [3.63, 3.8) is 0 Å². The van der Waals surface area contributed by atoms with Gasteiger partial charge in [-0.15, -0.1) is 0 Å². The molecule has 3 aromatic rings. The lowest BCUT2D eigenvalue weighted by molar-refractivity contribution is 0.102. The molecule has 1 N–H and O–H groups in total. The number of aryl methyl sites for hydroxylation is 2. The largest absolute Gasteiger partial charge is 0.383 e. The smallest absolute Gasteiger partial charge is 0.255 e. The summed E-state index contributed by atoms with van der Waals surface area (Å²) in [5, 5.41) is 11.3. The molecule has 2 atom stereocenters. The van der Waals surface area contributed by atoms with Gasteiger partial charge in [-0.1, -0.05) is 11.2 Å². The van der Waals surface area contributed by atoms with E-state index in [1.807, 2.05) is 24.7 Å². The Balaban J connectivity index is 1.45. The van der Waals surface area contributed by atoms with E-state index >= 15 is 0 Å². The van der Waals surface area contributed by atoms with Crippen LogP contribution in [0.4, 0.5) is 10.1 Å². The number of benzene rings is 1. The van der Waals surface area contributed by atoms with E-state index in [4.69, 9.17) is 9.26 Å². The molecule has 1 aliphatic rings. The predicted octanol–water partition coefficient (Wildman–Crippen LogP) is 3.34. The number of nitrogens with one attached hydrogen (secondary N) is 1. The van der Waals surface area contributed by atoms with Crippen LogP contribution in [-0.4, -0.2) is 52.0 Å². The van der Waals surface area contributed by atoms with Gasteiger partial charge in [0, 0.05) is 43.6 Å². The zero-order chi connectivity index (χ0) is 22.0. The third-order valence-corrected chi connectivity index (χ3v) is 5.73. The molecule has 0 radical (unpaired) electrons. The van der Waals surface area contributed by atoms with Gasteiger partial charge in [-0.05, 0) is 38.5 Å². The minimum absolute atomic E-state index is 0.139. The summed E-state index contributed by atoms with van der Waals surface area (Å²) in [6.45, 7) is 6.01. The quantitative estimate of drug-likeness (QED) is 0.623. The molecule has 3 heterocycles. The minimum Gasteiger partial charge on any atom is -0.383 e. The van der Waals surface area contributed by atoms with E-state index in [0.717, 1.165) is 36.5 Å². The van der Waals surface area contributed by atoms with Crippen molar-refractivity contribution in [2.75, 3.05) is 25.6 Å². The van der Waals surface area contributed by atoms with Crippen molar-refractivity contribution in [2.24, 2.45) is 0 Å². The summed E-state index contributed by atoms with van der Waals surface area (Å²) in [4.78, 5) is 14.7. The molecule has 2 aromatic heterocycles. The molecule has 1 fully saturated rings. The lowest BCUT2D eigenvalue weighted by atomic mass is 10.1. The van der Waals surface area contributed by atoms with E-state index in [9.17, 15) is 9.18 Å². The van der Waals surface area contributed by atoms with Gasteiger partial charge >= 0.3 is 0 Å². The van der Waals surface area contributed by atoms with Gasteiger partial charge in [-0.3, -0.25) is 14.4 Å². The van der Waals surface area contributed by atoms with Crippen molar-refractivity contribution in [3.8, 4) is 0 Å². The number of carbonyl (C=O) groups excluding carboxylic acids is 1. The van der Waals surface area contributed by atoms with Gasteiger partial charge in [0.2, 0.25) is 0 Å². The molecule has 164 valence electrons. The van der Waals surface area contributed by atoms with Crippen LogP contribution in [0.25, 0.3) is 0 Å². The Hall–Kier alpha value is -3.04. The van der Waals surface area contributed by atoms with E-state index in [1.54, 1.807) is 19.4 Å². The van der Waals surface area contributed by atoms with E-state index in [1.165, 1.54) is 18.2 Å². The Bertz CT molecular complexity index is 1040. The Kier molecular flexibility index (Phi) is 6.15. The molecule has 0 saturated carbocycles. The van der Waals surface area contributed by atoms with E-state index < -0.39 is 5.82 Å². The first-order valence-corrected chi connectivity index (χ1v) is 10.2. The first-order chi connectivity index (χ1) is 14.9. The number of hydrogen-bond donors (Lipinski definition) is 1. The van der Waals surface area contributed by atoms with Crippen LogP contribution in [0.2, 0.25) is 0 Å². The van der Waals surface area contributed by atoms with E-state index in [0.29, 0.717) is 12.3 Å². The number of carbonyl (C=O) groups is 1. The highest BCUT2D eigenvalue weighted by atomic mass is 19.1. The van der Waals surface area contributed by atoms with Gasteiger partial charge in [0.15, 0.2) is 0 Å². The second-order valence-corrected chi connectivity index (χ2v) is 7.90. The van der Waals surface area contributed by atoms with Crippen molar-refractivity contribution in [2.45, 2.75) is 38.9 Å². The van der Waals surface area contributed by atoms with E-state index in [-0.39, 0.29) is 23.6 Å². The molecule has 1 amide bonds. The number of aromatic nitrogens is 3. The number of methoxy groups -OCH3 is 1. The third kappa shape index (κ3) is 4.67. The second-order valence-electron chi connectivity index (χ2n) is 7.90. The van der Waals surface area contributed by atoms with Crippen molar-refractivity contribution >= 4 is 11.6 Å². The molecule has 9 heteroatoms. The van der Waals surface area contributed by atoms with Gasteiger partial charge in [0.1, 0.15) is 11.6 Å². The number of anilines is 1. The lowest BCUT2D eigenvalue weighted by Gasteiger charge is -2.23. The molecule has 0 spiro atoms. The number of hydrogen-bond acceptors (Lipinski definition) is 6. The number of halogens is 1. The first kappa shape index (κ1) is 21.2. The summed E-state index contributed by atoms with van der Waals surface area (Å²) in [5.41, 5.74) is 2.84. The van der Waals surface area contributed by atoms with Crippen molar-refractivity contribution in [1.82, 2.24) is 19.8 Å². The van der Waals surface area contributed by atoms with Crippen molar-refractivity contribution in [3.05, 3.63) is 65.1 Å². The molecular weight excluding hydrogens is 401 g/mol. The van der Waals surface area contributed by atoms with Crippen LogP contribution >= 0.6 is 0 Å². The van der Waals surface area contributed by atoms with Crippen LogP contribution in [0, 0.1) is 19.7 Å². The highest BCUT2D eigenvalue weighted by molar-refractivity contribution is 6.04. The SMILES string of the molecule is COC[C@@H]1C[C@H](n2cc(NC(=O)c3cccc(F)c3)cn2)CN1Cc1c(C)noc1C. The van der Waals surface area contributed by atoms with Crippen LogP contribution in [0.5, 0.6) is 0 Å². The van der Waals surface area contributed by atoms with Gasteiger partial charge < -0.3 is 14.6 Å². The average Bonchev–Trinajstić information content (AvgIpc) is 3.44. The van der Waals surface area contributed by atoms with Crippen LogP contribution in [0.3, 0.4) is 0 Å². The highest BCUT2D eigenvalue weighted by Crippen LogP contribution is 2.30. The summed E-state index contributed by atoms with van der Waals surface area (Å²) in [6, 6.07) is 5.97. The molecule has 0 unspecified atom stereocenters. The summed E-state index contributed by atoms with van der Waals surface area (Å²) in [6.07, 6.45) is 4.29. The van der Waals surface area contributed by atoms with Crippen LogP contribution in [0.15, 0.2) is 41.2 Å². The second kappa shape index (κ2) is 8.99. The Morgan fingerprint density at radius 2 is 2.23 bits per heavy atom. The highest BCUT2D eigenvalue weighted by Gasteiger charge is 2.34. The molecule has 0 bridgehead atoms. The fraction of sp³-hybridized carbons (Fsp3) is 0.409. The monoisotopic (exact) mass is 427 g/mol. The molecule has 31 heavy (non-hydrogen) atoms. The third-order valence-electron chi connectivity index (χ3n) is 5.73. The maximum absolute atomic E-state index is 13.4. The normalized spacial score (nSPS) is 19.1. The maximum atomic E-state index is 13.4. The first-order valence-electron chi connectivity index (χ1n) is 10.2. The number of nitrogens with zero attached hydrogens (tertiary/aromatic N) is 4. The molecule has 1 saturated heterocycles. The maximum Gasteiger partial charge on any atom is 0.255 e. The van der Waals surface area contributed by atoms with Crippen LogP contribution in [0.1, 0.15) is 39.8 Å². The number of ether oxygens (including phenoxy) is 1. The van der Waals surface area contributed by atoms with Gasteiger partial charge in [0.05, 0.1) is 30.2 Å². The minimum atomic E-state index is -0.447. The Morgan fingerprint density at radius 1 is 1.39 bits per heavy atom. The fourth-order valence-electron chi connectivity index (χ4n) is 4.07. The molecule has 1 aliphatic heterocycles. The number of amides is 1. The summed E-state index contributed by atoms with van der Waals surface area (Å²) >= 11 is 0. The molecule has 4 rings (SSSR count). The zero-order valence-corrected chi connectivity index (χ0v) is 17.8. The van der Waals surface area contributed by atoms with Gasteiger partial charge in [0.25, 0.3) is 5.91 Å². The Morgan fingerprint density at radius 3 is 2.94 bits per heavy atom. The van der Waals surface area contributed by atoms with Gasteiger partial charge in [-0.2, -0.15) is 5.10 Å².